The molecule has 126 valence electrons. The fraction of sp³-hybridized carbons (Fsp3) is 0.500. The summed E-state index contributed by atoms with van der Waals surface area (Å²) >= 11 is 0. The van der Waals surface area contributed by atoms with Crippen molar-refractivity contribution in [1.29, 1.82) is 0 Å². The van der Waals surface area contributed by atoms with Gasteiger partial charge in [-0.15, -0.1) is 34.0 Å². The molecule has 0 aromatic carbocycles. The van der Waals surface area contributed by atoms with Gasteiger partial charge in [0.05, 0.1) is 12.5 Å². The average molecular weight is 438 g/mol. The van der Waals surface area contributed by atoms with Gasteiger partial charge in [-0.3, -0.25) is 0 Å². The van der Waals surface area contributed by atoms with E-state index in [1.54, 1.807) is 12.5 Å². The van der Waals surface area contributed by atoms with Gasteiger partial charge in [0.15, 0.2) is 0 Å². The highest BCUT2D eigenvalue weighted by molar-refractivity contribution is 8.93. The van der Waals surface area contributed by atoms with Gasteiger partial charge >= 0.3 is 0 Å². The van der Waals surface area contributed by atoms with Crippen LogP contribution in [-0.2, 0) is 12.8 Å². The van der Waals surface area contributed by atoms with Crippen LogP contribution in [0.3, 0.4) is 0 Å². The van der Waals surface area contributed by atoms with Crippen LogP contribution in [0.1, 0.15) is 25.4 Å². The number of furan rings is 2. The second-order valence-electron chi connectivity index (χ2n) is 5.28. The second-order valence-corrected chi connectivity index (χ2v) is 5.28. The molecule has 2 rings (SSSR count). The lowest BCUT2D eigenvalue weighted by atomic mass is 10.2. The van der Waals surface area contributed by atoms with Crippen molar-refractivity contribution in [2.75, 3.05) is 13.1 Å². The Morgan fingerprint density at radius 2 is 1.23 bits per heavy atom. The van der Waals surface area contributed by atoms with E-state index in [2.05, 4.69) is 24.5 Å². The maximum Gasteiger partial charge on any atom is 0.105 e. The van der Waals surface area contributed by atoms with Crippen molar-refractivity contribution in [3.8, 4) is 0 Å². The van der Waals surface area contributed by atoms with Crippen LogP contribution in [0.4, 0.5) is 0 Å². The summed E-state index contributed by atoms with van der Waals surface area (Å²) in [4.78, 5) is 0. The predicted molar refractivity (Wildman–Crippen MR) is 100 cm³/mol. The van der Waals surface area contributed by atoms with Crippen molar-refractivity contribution in [2.45, 2.75) is 38.8 Å². The van der Waals surface area contributed by atoms with E-state index in [0.717, 1.165) is 37.5 Å². The summed E-state index contributed by atoms with van der Waals surface area (Å²) in [6.07, 6.45) is 5.30. The third-order valence-electron chi connectivity index (χ3n) is 3.29. The molecule has 6 heteroatoms. The zero-order valence-corrected chi connectivity index (χ0v) is 16.5. The molecule has 0 saturated heterocycles. The van der Waals surface area contributed by atoms with Gasteiger partial charge in [-0.05, 0) is 38.1 Å². The van der Waals surface area contributed by atoms with Crippen LogP contribution in [0, 0.1) is 0 Å². The Morgan fingerprint density at radius 3 is 1.55 bits per heavy atom. The molecule has 2 aromatic heterocycles. The first-order chi connectivity index (χ1) is 9.74. The van der Waals surface area contributed by atoms with Crippen molar-refractivity contribution in [1.82, 2.24) is 10.6 Å². The van der Waals surface area contributed by atoms with Crippen LogP contribution in [0.15, 0.2) is 45.6 Å². The Hall–Kier alpha value is -0.560. The van der Waals surface area contributed by atoms with E-state index in [0.29, 0.717) is 12.1 Å². The van der Waals surface area contributed by atoms with Crippen molar-refractivity contribution in [3.63, 3.8) is 0 Å². The summed E-state index contributed by atoms with van der Waals surface area (Å²) in [6, 6.07) is 8.73. The Labute approximate surface area is 153 Å². The minimum atomic E-state index is 0. The molecular weight excluding hydrogens is 412 g/mol. The smallest absolute Gasteiger partial charge is 0.105 e. The van der Waals surface area contributed by atoms with E-state index in [9.17, 15) is 0 Å². The quantitative estimate of drug-likeness (QED) is 0.586. The molecule has 4 nitrogen and oxygen atoms in total. The number of hydrogen-bond donors (Lipinski definition) is 2. The van der Waals surface area contributed by atoms with Crippen LogP contribution in [0.25, 0.3) is 0 Å². The van der Waals surface area contributed by atoms with E-state index in [1.807, 2.05) is 24.3 Å². The minimum absolute atomic E-state index is 0. The molecule has 2 unspecified atom stereocenters. The molecular formula is C16H26Br2N2O2. The van der Waals surface area contributed by atoms with Crippen LogP contribution in [-0.4, -0.2) is 25.2 Å². The Kier molecular flexibility index (Phi) is 11.6. The summed E-state index contributed by atoms with van der Waals surface area (Å²) in [6.45, 7) is 6.25. The number of hydrogen-bond acceptors (Lipinski definition) is 4. The number of nitrogens with one attached hydrogen (secondary N) is 2. The van der Waals surface area contributed by atoms with Crippen molar-refractivity contribution in [3.05, 3.63) is 48.3 Å². The fourth-order valence-electron chi connectivity index (χ4n) is 2.24. The van der Waals surface area contributed by atoms with Crippen LogP contribution in [0.5, 0.6) is 0 Å². The lowest BCUT2D eigenvalue weighted by molar-refractivity contribution is 0.433. The highest BCUT2D eigenvalue weighted by atomic mass is 79.9. The molecule has 22 heavy (non-hydrogen) atoms. The van der Waals surface area contributed by atoms with E-state index < -0.39 is 0 Å². The first-order valence-corrected chi connectivity index (χ1v) is 7.25. The number of halogens is 2. The lowest BCUT2D eigenvalue weighted by Crippen LogP contribution is -2.38. The molecule has 0 saturated carbocycles. The molecule has 0 radical (unpaired) electrons. The largest absolute Gasteiger partial charge is 0.469 e. The second kappa shape index (κ2) is 11.9. The molecule has 2 heterocycles. The first kappa shape index (κ1) is 21.4. The van der Waals surface area contributed by atoms with Crippen LogP contribution >= 0.6 is 34.0 Å². The standard InChI is InChI=1S/C16H24N2O2.2BrH/c1-13(11-15-5-3-9-19-15)17-7-8-18-14(2)12-16-6-4-10-20-16;;/h3-6,9-10,13-14,17-18H,7-8,11-12H2,1-2H3;2*1H. The molecule has 0 aliphatic carbocycles. The molecule has 2 atom stereocenters. The summed E-state index contributed by atoms with van der Waals surface area (Å²) in [7, 11) is 0. The molecule has 0 amide bonds. The van der Waals surface area contributed by atoms with Gasteiger partial charge in [-0.2, -0.15) is 0 Å². The minimum Gasteiger partial charge on any atom is -0.469 e. The molecule has 2 aromatic rings. The SMILES string of the molecule is Br.Br.CC(Cc1ccco1)NCCNC(C)Cc1ccco1. The van der Waals surface area contributed by atoms with E-state index in [-0.39, 0.29) is 34.0 Å². The van der Waals surface area contributed by atoms with Crippen LogP contribution < -0.4 is 10.6 Å². The number of rotatable bonds is 9. The summed E-state index contributed by atoms with van der Waals surface area (Å²) in [5, 5.41) is 6.98. The molecule has 2 N–H and O–H groups in total. The predicted octanol–water partition coefficient (Wildman–Crippen LogP) is 3.77. The highest BCUT2D eigenvalue weighted by Crippen LogP contribution is 2.04. The molecule has 0 bridgehead atoms. The molecule has 0 aliphatic rings. The summed E-state index contributed by atoms with van der Waals surface area (Å²) in [5.74, 6) is 2.06. The zero-order chi connectivity index (χ0) is 14.2. The van der Waals surface area contributed by atoms with Gasteiger partial charge in [0.25, 0.3) is 0 Å². The molecule has 0 spiro atoms. The highest BCUT2D eigenvalue weighted by Gasteiger charge is 2.06. The topological polar surface area (TPSA) is 50.3 Å². The summed E-state index contributed by atoms with van der Waals surface area (Å²) in [5.41, 5.74) is 0. The van der Waals surface area contributed by atoms with Crippen molar-refractivity contribution >= 4 is 34.0 Å². The lowest BCUT2D eigenvalue weighted by Gasteiger charge is -2.15. The monoisotopic (exact) mass is 436 g/mol. The van der Waals surface area contributed by atoms with Gasteiger partial charge in [-0.25, -0.2) is 0 Å². The van der Waals surface area contributed by atoms with Crippen molar-refractivity contribution in [2.24, 2.45) is 0 Å². The normalized spacial score (nSPS) is 13.0. The molecule has 0 fully saturated rings. The van der Waals surface area contributed by atoms with Gasteiger partial charge < -0.3 is 19.5 Å². The Balaban J connectivity index is 0.00000220. The van der Waals surface area contributed by atoms with Gasteiger partial charge in [0.1, 0.15) is 11.5 Å². The third kappa shape index (κ3) is 8.17. The van der Waals surface area contributed by atoms with E-state index in [1.165, 1.54) is 0 Å². The van der Waals surface area contributed by atoms with Gasteiger partial charge in [0.2, 0.25) is 0 Å². The van der Waals surface area contributed by atoms with Crippen LogP contribution in [0.2, 0.25) is 0 Å². The van der Waals surface area contributed by atoms with Gasteiger partial charge in [0, 0.05) is 38.0 Å². The maximum absolute atomic E-state index is 5.34. The first-order valence-electron chi connectivity index (χ1n) is 7.25. The maximum atomic E-state index is 5.34. The fourth-order valence-corrected chi connectivity index (χ4v) is 2.24. The Bertz CT molecular complexity index is 416. The zero-order valence-electron chi connectivity index (χ0n) is 13.1. The molecule has 0 aliphatic heterocycles. The Morgan fingerprint density at radius 1 is 0.818 bits per heavy atom. The third-order valence-corrected chi connectivity index (χ3v) is 3.29. The van der Waals surface area contributed by atoms with E-state index >= 15 is 0 Å². The average Bonchev–Trinajstić information content (AvgIpc) is 3.08. The van der Waals surface area contributed by atoms with Crippen molar-refractivity contribution < 1.29 is 8.83 Å². The van der Waals surface area contributed by atoms with Gasteiger partial charge in [-0.1, -0.05) is 0 Å². The summed E-state index contributed by atoms with van der Waals surface area (Å²) < 4.78 is 10.7. The van der Waals surface area contributed by atoms with E-state index in [4.69, 9.17) is 8.83 Å².